The lowest BCUT2D eigenvalue weighted by Crippen LogP contribution is -2.65. The Kier molecular flexibility index (Phi) is 9.54. The van der Waals surface area contributed by atoms with Crippen molar-refractivity contribution in [2.75, 3.05) is 19.8 Å². The van der Waals surface area contributed by atoms with Crippen LogP contribution >= 0.6 is 0 Å². The monoisotopic (exact) mass is 504 g/mol. The number of aliphatic hydroxyl groups excluding tert-OH is 11. The highest BCUT2D eigenvalue weighted by molar-refractivity contribution is 4.94. The van der Waals surface area contributed by atoms with Crippen LogP contribution in [0.5, 0.6) is 0 Å². The lowest BCUT2D eigenvalue weighted by molar-refractivity contribution is -0.364. The fourth-order valence-corrected chi connectivity index (χ4v) is 3.94. The largest absolute Gasteiger partial charge is 0.394 e. The average Bonchev–Trinajstić information content (AvgIpc) is 2.82. The highest BCUT2D eigenvalue weighted by atomic mass is 16.7. The molecule has 11 N–H and O–H groups in total. The van der Waals surface area contributed by atoms with Crippen LogP contribution in [0.4, 0.5) is 0 Å². The fraction of sp³-hybridized carbons (Fsp3) is 1.00. The SMILES string of the molecule is OC[C@H]1O[C@@H](O[C@@H]2[C@@H](O)[C@H](OC[C@H]3O[C@@H](O)[C@H](O)[C@@H](O)[C@@H]3O)O[C@H](CO)[C@H]2O)[C@H](O)[C@@H](O)[C@@H]1O. The Balaban J connectivity index is 1.68. The molecule has 15 atom stereocenters. The van der Waals surface area contributed by atoms with Gasteiger partial charge in [0.2, 0.25) is 0 Å². The van der Waals surface area contributed by atoms with Crippen molar-refractivity contribution in [2.24, 2.45) is 0 Å². The Bertz CT molecular complexity index is 639. The lowest BCUT2D eigenvalue weighted by Gasteiger charge is -2.46. The van der Waals surface area contributed by atoms with Crippen molar-refractivity contribution in [3.05, 3.63) is 0 Å². The Morgan fingerprint density at radius 3 is 1.65 bits per heavy atom. The predicted molar refractivity (Wildman–Crippen MR) is 101 cm³/mol. The summed E-state index contributed by atoms with van der Waals surface area (Å²) in [5.74, 6) is 0. The topological polar surface area (TPSA) is 269 Å². The van der Waals surface area contributed by atoms with Crippen molar-refractivity contribution >= 4 is 0 Å². The Morgan fingerprint density at radius 1 is 0.500 bits per heavy atom. The summed E-state index contributed by atoms with van der Waals surface area (Å²) >= 11 is 0. The summed E-state index contributed by atoms with van der Waals surface area (Å²) in [6.45, 7) is -2.11. The third-order valence-electron chi connectivity index (χ3n) is 6.07. The van der Waals surface area contributed by atoms with Gasteiger partial charge in [0.15, 0.2) is 18.9 Å². The maximum absolute atomic E-state index is 10.7. The molecule has 0 aromatic rings. The zero-order valence-electron chi connectivity index (χ0n) is 17.7. The molecule has 34 heavy (non-hydrogen) atoms. The molecule has 0 aromatic heterocycles. The van der Waals surface area contributed by atoms with Crippen LogP contribution in [0.25, 0.3) is 0 Å². The quantitative estimate of drug-likeness (QED) is 0.154. The van der Waals surface area contributed by atoms with E-state index in [0.717, 1.165) is 0 Å². The van der Waals surface area contributed by atoms with Crippen molar-refractivity contribution < 1.29 is 79.9 Å². The Labute approximate surface area is 192 Å². The summed E-state index contributed by atoms with van der Waals surface area (Å²) in [5, 5.41) is 109. The molecule has 0 bridgehead atoms. The van der Waals surface area contributed by atoms with E-state index in [-0.39, 0.29) is 0 Å². The van der Waals surface area contributed by atoms with Crippen LogP contribution in [0.3, 0.4) is 0 Å². The maximum atomic E-state index is 10.7. The molecular formula is C18H32O16. The van der Waals surface area contributed by atoms with Crippen LogP contribution in [0.2, 0.25) is 0 Å². The first-order chi connectivity index (χ1) is 16.0. The number of aliphatic hydroxyl groups is 11. The number of ether oxygens (including phenoxy) is 5. The Morgan fingerprint density at radius 2 is 1.03 bits per heavy atom. The number of hydrogen-bond donors (Lipinski definition) is 11. The van der Waals surface area contributed by atoms with E-state index < -0.39 is 112 Å². The number of rotatable bonds is 7. The minimum atomic E-state index is -1.84. The van der Waals surface area contributed by atoms with Crippen molar-refractivity contribution in [2.45, 2.75) is 92.1 Å². The van der Waals surface area contributed by atoms with E-state index in [1.807, 2.05) is 0 Å². The van der Waals surface area contributed by atoms with Gasteiger partial charge in [0.1, 0.15) is 73.2 Å². The first-order valence-corrected chi connectivity index (χ1v) is 10.6. The second kappa shape index (κ2) is 11.6. The molecule has 3 aliphatic heterocycles. The highest BCUT2D eigenvalue weighted by Gasteiger charge is 2.51. The molecule has 3 aliphatic rings. The van der Waals surface area contributed by atoms with Gasteiger partial charge in [-0.1, -0.05) is 0 Å². The predicted octanol–water partition coefficient (Wildman–Crippen LogP) is -7.57. The molecule has 16 heteroatoms. The van der Waals surface area contributed by atoms with Gasteiger partial charge in [0.05, 0.1) is 19.8 Å². The van der Waals surface area contributed by atoms with E-state index >= 15 is 0 Å². The zero-order chi connectivity index (χ0) is 25.3. The van der Waals surface area contributed by atoms with Gasteiger partial charge in [0.25, 0.3) is 0 Å². The van der Waals surface area contributed by atoms with Gasteiger partial charge in [-0.15, -0.1) is 0 Å². The van der Waals surface area contributed by atoms with Crippen LogP contribution in [-0.2, 0) is 23.7 Å². The molecule has 16 nitrogen and oxygen atoms in total. The van der Waals surface area contributed by atoms with Gasteiger partial charge in [0, 0.05) is 0 Å². The van der Waals surface area contributed by atoms with Gasteiger partial charge < -0.3 is 79.9 Å². The first kappa shape index (κ1) is 27.9. The fourth-order valence-electron chi connectivity index (χ4n) is 3.94. The van der Waals surface area contributed by atoms with Crippen molar-refractivity contribution in [1.29, 1.82) is 0 Å². The van der Waals surface area contributed by atoms with E-state index in [4.69, 9.17) is 23.7 Å². The standard InChI is InChI=1S/C18H32O16/c19-1-4-7(21)11(25)13(27)18(33-4)34-15-9(23)5(2-20)32-17(14(15)28)30-3-6-8(22)10(24)12(26)16(29)31-6/h4-29H,1-3H2/t4-,5-,6-,7-,8-,9-,10+,11+,12-,13-,14-,15+,16-,17-,18+/m1/s1. The van der Waals surface area contributed by atoms with Crippen LogP contribution in [0, 0.1) is 0 Å². The van der Waals surface area contributed by atoms with Crippen molar-refractivity contribution in [3.8, 4) is 0 Å². The first-order valence-electron chi connectivity index (χ1n) is 10.6. The molecule has 0 radical (unpaired) electrons. The van der Waals surface area contributed by atoms with E-state index in [0.29, 0.717) is 0 Å². The molecule has 0 spiro atoms. The van der Waals surface area contributed by atoms with Crippen LogP contribution < -0.4 is 0 Å². The minimum Gasteiger partial charge on any atom is -0.394 e. The summed E-state index contributed by atoms with van der Waals surface area (Å²) in [6, 6.07) is 0. The lowest BCUT2D eigenvalue weighted by atomic mass is 9.97. The summed E-state index contributed by atoms with van der Waals surface area (Å²) in [6.07, 6.45) is -24.9. The van der Waals surface area contributed by atoms with Crippen LogP contribution in [-0.4, -0.2) is 168 Å². The average molecular weight is 504 g/mol. The van der Waals surface area contributed by atoms with E-state index in [1.165, 1.54) is 0 Å². The molecule has 0 aliphatic carbocycles. The number of hydrogen-bond acceptors (Lipinski definition) is 16. The van der Waals surface area contributed by atoms with E-state index in [2.05, 4.69) is 0 Å². The van der Waals surface area contributed by atoms with Crippen LogP contribution in [0.1, 0.15) is 0 Å². The molecule has 0 amide bonds. The molecule has 0 aromatic carbocycles. The molecule has 3 fully saturated rings. The Hall–Kier alpha value is -0.640. The summed E-state index contributed by atoms with van der Waals surface area (Å²) in [4.78, 5) is 0. The van der Waals surface area contributed by atoms with Gasteiger partial charge in [-0.25, -0.2) is 0 Å². The smallest absolute Gasteiger partial charge is 0.187 e. The van der Waals surface area contributed by atoms with Crippen LogP contribution in [0.15, 0.2) is 0 Å². The third-order valence-corrected chi connectivity index (χ3v) is 6.07. The van der Waals surface area contributed by atoms with Gasteiger partial charge in [-0.2, -0.15) is 0 Å². The van der Waals surface area contributed by atoms with Gasteiger partial charge in [-0.05, 0) is 0 Å². The zero-order valence-corrected chi connectivity index (χ0v) is 17.7. The summed E-state index contributed by atoms with van der Waals surface area (Å²) in [5.41, 5.74) is 0. The summed E-state index contributed by atoms with van der Waals surface area (Å²) in [7, 11) is 0. The minimum absolute atomic E-state index is 0.593. The molecule has 3 heterocycles. The molecule has 200 valence electrons. The molecule has 3 rings (SSSR count). The maximum Gasteiger partial charge on any atom is 0.187 e. The van der Waals surface area contributed by atoms with E-state index in [1.54, 1.807) is 0 Å². The summed E-state index contributed by atoms with van der Waals surface area (Å²) < 4.78 is 26.2. The normalized spacial score (nSPS) is 52.5. The second-order valence-electron chi connectivity index (χ2n) is 8.37. The molecule has 0 saturated carbocycles. The molecular weight excluding hydrogens is 472 g/mol. The highest BCUT2D eigenvalue weighted by Crippen LogP contribution is 2.30. The second-order valence-corrected chi connectivity index (χ2v) is 8.37. The molecule has 0 unspecified atom stereocenters. The third kappa shape index (κ3) is 5.52. The van der Waals surface area contributed by atoms with E-state index in [9.17, 15) is 56.2 Å². The van der Waals surface area contributed by atoms with Crippen molar-refractivity contribution in [3.63, 3.8) is 0 Å². The molecule has 3 saturated heterocycles. The van der Waals surface area contributed by atoms with Crippen molar-refractivity contribution in [1.82, 2.24) is 0 Å². The van der Waals surface area contributed by atoms with Gasteiger partial charge >= 0.3 is 0 Å². The van der Waals surface area contributed by atoms with Gasteiger partial charge in [-0.3, -0.25) is 0 Å².